The number of aromatic nitrogens is 1. The third kappa shape index (κ3) is 3.02. The van der Waals surface area contributed by atoms with Crippen molar-refractivity contribution in [3.8, 4) is 0 Å². The fourth-order valence-corrected chi connectivity index (χ4v) is 4.58. The highest BCUT2D eigenvalue weighted by Crippen LogP contribution is 2.34. The lowest BCUT2D eigenvalue weighted by molar-refractivity contribution is -0.144. The molecule has 0 aromatic carbocycles. The predicted molar refractivity (Wildman–Crippen MR) is 84.9 cm³/mol. The van der Waals surface area contributed by atoms with Gasteiger partial charge in [-0.25, -0.2) is 4.98 Å². The van der Waals surface area contributed by atoms with E-state index in [1.54, 1.807) is 22.7 Å². The molecule has 0 aliphatic carbocycles. The van der Waals surface area contributed by atoms with E-state index in [0.29, 0.717) is 6.54 Å². The van der Waals surface area contributed by atoms with Gasteiger partial charge in [0.05, 0.1) is 10.7 Å². The van der Waals surface area contributed by atoms with Gasteiger partial charge in [0.15, 0.2) is 0 Å². The Kier molecular flexibility index (Phi) is 4.37. The highest BCUT2D eigenvalue weighted by Gasteiger charge is 2.33. The summed E-state index contributed by atoms with van der Waals surface area (Å²) in [6.07, 6.45) is 3.02. The first-order valence-corrected chi connectivity index (χ1v) is 8.91. The van der Waals surface area contributed by atoms with Crippen LogP contribution in [0, 0.1) is 0 Å². The number of carboxylic acid groups (broad SMARTS) is 1. The Morgan fingerprint density at radius 1 is 1.52 bits per heavy atom. The molecule has 0 saturated heterocycles. The summed E-state index contributed by atoms with van der Waals surface area (Å²) >= 11 is 3.34. The van der Waals surface area contributed by atoms with Crippen molar-refractivity contribution in [2.24, 2.45) is 0 Å². The molecule has 3 rings (SSSR count). The van der Waals surface area contributed by atoms with Crippen LogP contribution in [0.4, 0.5) is 0 Å². The van der Waals surface area contributed by atoms with Gasteiger partial charge >= 0.3 is 5.97 Å². The summed E-state index contributed by atoms with van der Waals surface area (Å²) in [5, 5.41) is 14.8. The van der Waals surface area contributed by atoms with E-state index in [9.17, 15) is 9.90 Å². The molecular weight excluding hydrogens is 304 g/mol. The second kappa shape index (κ2) is 6.25. The third-order valence-corrected chi connectivity index (χ3v) is 5.68. The van der Waals surface area contributed by atoms with Gasteiger partial charge in [-0.1, -0.05) is 6.92 Å². The summed E-state index contributed by atoms with van der Waals surface area (Å²) in [6.45, 7) is 3.54. The lowest BCUT2D eigenvalue weighted by atomic mass is 10.00. The van der Waals surface area contributed by atoms with Crippen LogP contribution in [0.25, 0.3) is 0 Å². The minimum absolute atomic E-state index is 0.531. The third-order valence-electron chi connectivity index (χ3n) is 3.73. The number of aliphatic carboxylic acids is 1. The molecule has 2 aromatic heterocycles. The number of fused-ring (bicyclic) bond motifs is 1. The van der Waals surface area contributed by atoms with Crippen molar-refractivity contribution in [3.05, 3.63) is 38.0 Å². The molecule has 0 fully saturated rings. The highest BCUT2D eigenvalue weighted by molar-refractivity contribution is 7.10. The maximum absolute atomic E-state index is 11.7. The number of nitrogens with zero attached hydrogens (tertiary/aromatic N) is 2. The number of rotatable bonds is 5. The van der Waals surface area contributed by atoms with Gasteiger partial charge in [0.1, 0.15) is 6.04 Å². The molecule has 1 aliphatic heterocycles. The number of carbonyl (C=O) groups is 1. The zero-order chi connectivity index (χ0) is 14.8. The van der Waals surface area contributed by atoms with Crippen LogP contribution in [0.15, 0.2) is 16.8 Å². The minimum Gasteiger partial charge on any atom is -0.480 e. The van der Waals surface area contributed by atoms with E-state index in [1.165, 1.54) is 4.88 Å². The largest absolute Gasteiger partial charge is 0.480 e. The van der Waals surface area contributed by atoms with E-state index >= 15 is 0 Å². The second-order valence-electron chi connectivity index (χ2n) is 5.24. The van der Waals surface area contributed by atoms with Crippen LogP contribution in [0.1, 0.15) is 40.5 Å². The smallest absolute Gasteiger partial charge is 0.325 e. The molecule has 1 aliphatic rings. The molecule has 0 amide bonds. The number of hydrogen-bond donors (Lipinski definition) is 1. The molecule has 0 spiro atoms. The molecule has 2 aromatic rings. The quantitative estimate of drug-likeness (QED) is 0.917. The first-order chi connectivity index (χ1) is 10.2. The van der Waals surface area contributed by atoms with Crippen molar-refractivity contribution in [2.75, 3.05) is 6.54 Å². The Balaban J connectivity index is 1.79. The first-order valence-electron chi connectivity index (χ1n) is 7.15. The number of aryl methyl sites for hydroxylation is 1. The Labute approximate surface area is 132 Å². The van der Waals surface area contributed by atoms with Crippen molar-refractivity contribution >= 4 is 28.6 Å². The van der Waals surface area contributed by atoms with Gasteiger partial charge in [0.2, 0.25) is 0 Å². The predicted octanol–water partition coefficient (Wildman–Crippen LogP) is 3.34. The van der Waals surface area contributed by atoms with E-state index in [4.69, 9.17) is 0 Å². The van der Waals surface area contributed by atoms with E-state index in [-0.39, 0.29) is 0 Å². The van der Waals surface area contributed by atoms with Gasteiger partial charge in [-0.15, -0.1) is 22.7 Å². The lowest BCUT2D eigenvalue weighted by Crippen LogP contribution is -2.38. The number of hydrogen-bond acceptors (Lipinski definition) is 5. The van der Waals surface area contributed by atoms with Crippen molar-refractivity contribution in [1.82, 2.24) is 9.88 Å². The van der Waals surface area contributed by atoms with Gasteiger partial charge in [0, 0.05) is 23.3 Å². The van der Waals surface area contributed by atoms with Gasteiger partial charge < -0.3 is 5.11 Å². The molecule has 112 valence electrons. The number of carboxylic acids is 1. The molecular formula is C15H18N2O2S2. The highest BCUT2D eigenvalue weighted by atomic mass is 32.1. The van der Waals surface area contributed by atoms with E-state index in [0.717, 1.165) is 42.1 Å². The average molecular weight is 322 g/mol. The fraction of sp³-hybridized carbons (Fsp3) is 0.467. The van der Waals surface area contributed by atoms with Crippen LogP contribution < -0.4 is 0 Å². The number of thiazole rings is 1. The maximum Gasteiger partial charge on any atom is 0.325 e. The molecule has 4 nitrogen and oxygen atoms in total. The van der Waals surface area contributed by atoms with Crippen molar-refractivity contribution in [1.29, 1.82) is 0 Å². The van der Waals surface area contributed by atoms with Gasteiger partial charge in [-0.2, -0.15) is 0 Å². The van der Waals surface area contributed by atoms with Crippen molar-refractivity contribution in [3.63, 3.8) is 0 Å². The summed E-state index contributed by atoms with van der Waals surface area (Å²) in [5.41, 5.74) is 1.95. The SMILES string of the molecule is CCCc1nc(CN2CCc3sccc3C2C(=O)O)cs1. The first kappa shape index (κ1) is 14.7. The minimum atomic E-state index is -0.765. The standard InChI is InChI=1S/C15H18N2O2S2/c1-2-3-13-16-10(9-21-13)8-17-6-4-12-11(5-7-20-12)14(17)15(18)19/h5,7,9,14H,2-4,6,8H2,1H3,(H,18,19). The lowest BCUT2D eigenvalue weighted by Gasteiger charge is -2.32. The summed E-state index contributed by atoms with van der Waals surface area (Å²) in [4.78, 5) is 19.5. The van der Waals surface area contributed by atoms with Gasteiger partial charge in [-0.3, -0.25) is 9.69 Å². The zero-order valence-electron chi connectivity index (χ0n) is 11.9. The molecule has 6 heteroatoms. The van der Waals surface area contributed by atoms with E-state index < -0.39 is 12.0 Å². The van der Waals surface area contributed by atoms with E-state index in [1.807, 2.05) is 16.3 Å². The maximum atomic E-state index is 11.7. The Morgan fingerprint density at radius 2 is 2.38 bits per heavy atom. The molecule has 1 atom stereocenters. The zero-order valence-corrected chi connectivity index (χ0v) is 13.5. The van der Waals surface area contributed by atoms with Gasteiger partial charge in [0.25, 0.3) is 0 Å². The van der Waals surface area contributed by atoms with Gasteiger partial charge in [-0.05, 0) is 36.3 Å². The molecule has 0 bridgehead atoms. The Bertz CT molecular complexity index is 635. The average Bonchev–Trinajstić information content (AvgIpc) is 3.07. The normalized spacial score (nSPS) is 18.6. The molecule has 21 heavy (non-hydrogen) atoms. The Hall–Kier alpha value is -1.24. The topological polar surface area (TPSA) is 53.4 Å². The van der Waals surface area contributed by atoms with Crippen molar-refractivity contribution < 1.29 is 9.90 Å². The van der Waals surface area contributed by atoms with Crippen LogP contribution in [0.5, 0.6) is 0 Å². The summed E-state index contributed by atoms with van der Waals surface area (Å²) < 4.78 is 0. The summed E-state index contributed by atoms with van der Waals surface area (Å²) in [5.74, 6) is -0.765. The Morgan fingerprint density at radius 3 is 3.14 bits per heavy atom. The number of thiophene rings is 1. The van der Waals surface area contributed by atoms with Crippen LogP contribution >= 0.6 is 22.7 Å². The molecule has 0 radical (unpaired) electrons. The summed E-state index contributed by atoms with van der Waals surface area (Å²) in [7, 11) is 0. The molecule has 0 saturated carbocycles. The van der Waals surface area contributed by atoms with Crippen LogP contribution in [0.3, 0.4) is 0 Å². The van der Waals surface area contributed by atoms with Crippen LogP contribution in [-0.4, -0.2) is 27.5 Å². The fourth-order valence-electron chi connectivity index (χ4n) is 2.79. The molecule has 1 N–H and O–H groups in total. The molecule has 3 heterocycles. The summed E-state index contributed by atoms with van der Waals surface area (Å²) in [6, 6.07) is 1.42. The second-order valence-corrected chi connectivity index (χ2v) is 7.19. The monoisotopic (exact) mass is 322 g/mol. The van der Waals surface area contributed by atoms with Crippen LogP contribution in [-0.2, 0) is 24.2 Å². The molecule has 1 unspecified atom stereocenters. The van der Waals surface area contributed by atoms with Crippen molar-refractivity contribution in [2.45, 2.75) is 38.8 Å². The van der Waals surface area contributed by atoms with Crippen LogP contribution in [0.2, 0.25) is 0 Å². The van der Waals surface area contributed by atoms with E-state index in [2.05, 4.69) is 17.3 Å².